The van der Waals surface area contributed by atoms with Gasteiger partial charge in [-0.25, -0.2) is 0 Å². The van der Waals surface area contributed by atoms with Crippen LogP contribution in [0.3, 0.4) is 0 Å². The second kappa shape index (κ2) is 23.6. The molecule has 0 spiro atoms. The van der Waals surface area contributed by atoms with Gasteiger partial charge in [0.05, 0.1) is 0 Å². The lowest BCUT2D eigenvalue weighted by Gasteiger charge is -2.37. The number of nitrogens with one attached hydrogen (secondary N) is 4. The molecule has 8 bridgehead atoms. The zero-order valence-corrected chi connectivity index (χ0v) is 50.1. The van der Waals surface area contributed by atoms with Crippen LogP contribution in [0.2, 0.25) is 0 Å². The third-order valence-corrected chi connectivity index (χ3v) is 17.1. The zero-order chi connectivity index (χ0) is 68.2. The number of anilines is 4. The minimum Gasteiger partial charge on any atom is -0.457 e. The Morgan fingerprint density at radius 1 is 0.292 bits per heavy atom. The van der Waals surface area contributed by atoms with Crippen LogP contribution in [0.1, 0.15) is 113 Å². The number of halogens is 12. The summed E-state index contributed by atoms with van der Waals surface area (Å²) in [6.07, 6.45) is -21.5. The van der Waals surface area contributed by atoms with Crippen molar-refractivity contribution < 1.29 is 110 Å². The van der Waals surface area contributed by atoms with E-state index in [9.17, 15) is 71.9 Å². The highest BCUT2D eigenvalue weighted by Crippen LogP contribution is 2.59. The Labute approximate surface area is 535 Å². The van der Waals surface area contributed by atoms with E-state index in [2.05, 4.69) is 0 Å². The fraction of sp³-hybridized carbons (Fsp3) is 0.235. The van der Waals surface area contributed by atoms with Gasteiger partial charge in [-0.05, 0) is 123 Å². The number of hydrogen-bond acceptors (Lipinski definition) is 12. The molecule has 0 unspecified atom stereocenters. The normalized spacial score (nSPS) is 17.4. The summed E-state index contributed by atoms with van der Waals surface area (Å²) in [6.45, 7) is 4.14. The van der Waals surface area contributed by atoms with E-state index in [1.165, 1.54) is 72.8 Å². The Kier molecular flexibility index (Phi) is 15.7. The number of amides is 4. The summed E-state index contributed by atoms with van der Waals surface area (Å²) in [7, 11) is 0. The van der Waals surface area contributed by atoms with Gasteiger partial charge in [-0.3, -0.25) is 19.2 Å². The van der Waals surface area contributed by atoms with Gasteiger partial charge in [-0.1, -0.05) is 48.5 Å². The van der Waals surface area contributed by atoms with Crippen molar-refractivity contribution in [1.29, 1.82) is 0 Å². The molecule has 496 valence electrons. The largest absolute Gasteiger partial charge is 0.471 e. The minimum absolute atomic E-state index is 0.0538. The molecule has 13 rings (SSSR count). The number of alkyl halides is 12. The van der Waals surface area contributed by atoms with Crippen LogP contribution in [0, 0.1) is 27.7 Å². The molecule has 8 aromatic rings. The summed E-state index contributed by atoms with van der Waals surface area (Å²) in [4.78, 5) is 50.9. The van der Waals surface area contributed by atoms with E-state index in [0.29, 0.717) is 0 Å². The first-order chi connectivity index (χ1) is 45.4. The Bertz CT molecular complexity index is 3890. The van der Waals surface area contributed by atoms with Crippen LogP contribution in [0.25, 0.3) is 0 Å². The fourth-order valence-corrected chi connectivity index (χ4v) is 13.3. The third kappa shape index (κ3) is 11.5. The van der Waals surface area contributed by atoms with Crippen LogP contribution in [0.5, 0.6) is 46.0 Å². The average molecular weight is 1340 g/mol. The molecule has 4 amide bonds. The van der Waals surface area contributed by atoms with Crippen molar-refractivity contribution >= 4 is 46.4 Å². The maximum absolute atomic E-state index is 14.1. The molecule has 5 aliphatic rings. The smallest absolute Gasteiger partial charge is 0.457 e. The van der Waals surface area contributed by atoms with E-state index in [-0.39, 0.29) is 158 Å². The van der Waals surface area contributed by atoms with Gasteiger partial charge in [0, 0.05) is 113 Å². The van der Waals surface area contributed by atoms with Crippen LogP contribution < -0.4 is 59.2 Å². The molecule has 0 radical (unpaired) electrons. The second-order valence-corrected chi connectivity index (χ2v) is 23.0. The molecule has 0 aromatic heterocycles. The number of hydrogen-bond donors (Lipinski definition) is 4. The topological polar surface area (TPSA) is 190 Å². The predicted octanol–water partition coefficient (Wildman–Crippen LogP) is 14.9. The highest BCUT2D eigenvalue weighted by Gasteiger charge is 2.45. The molecule has 96 heavy (non-hydrogen) atoms. The Balaban J connectivity index is 1.22. The summed E-state index contributed by atoms with van der Waals surface area (Å²) in [6, 6.07) is 28.3. The summed E-state index contributed by atoms with van der Waals surface area (Å²) in [5.41, 5.74) is 1.90. The van der Waals surface area contributed by atoms with Gasteiger partial charge in [0.25, 0.3) is 0 Å². The molecule has 0 saturated carbocycles. The van der Waals surface area contributed by atoms with Crippen LogP contribution in [-0.4, -0.2) is 75.5 Å². The molecule has 8 aromatic carbocycles. The quantitative estimate of drug-likeness (QED) is 0.106. The molecule has 0 fully saturated rings. The molecule has 0 atom stereocenters. The predicted molar refractivity (Wildman–Crippen MR) is 317 cm³/mol. The SMILES string of the molecule is Cc1c2c3cc4c1OCOc1c(cc5c(c1C)OCOc1c(cc6c(c1C)OCOc1c(cc(c(c1C)OCO2)C3c1cccc(NC(=O)C(F)(F)F)c1)C6c1cccc(NC(=O)C(F)(F)F)c1)C5c1cccc(NC(=O)C(F)(F)F)c1)C4c1cccc(NC(=O)C(F)(F)F)c1. The maximum atomic E-state index is 14.1. The first-order valence-electron chi connectivity index (χ1n) is 29.1. The lowest BCUT2D eigenvalue weighted by Crippen LogP contribution is -2.30. The van der Waals surface area contributed by atoms with Crippen molar-refractivity contribution in [3.8, 4) is 46.0 Å². The zero-order valence-electron chi connectivity index (χ0n) is 50.1. The number of carbonyl (C=O) groups excluding carboxylic acids is 4. The van der Waals surface area contributed by atoms with E-state index in [4.69, 9.17) is 37.9 Å². The van der Waals surface area contributed by atoms with Gasteiger partial charge in [0.15, 0.2) is 0 Å². The van der Waals surface area contributed by atoms with E-state index in [1.807, 2.05) is 21.3 Å². The van der Waals surface area contributed by atoms with Gasteiger partial charge >= 0.3 is 48.3 Å². The number of rotatable bonds is 8. The molecule has 0 saturated heterocycles. The minimum atomic E-state index is -5.36. The van der Waals surface area contributed by atoms with E-state index in [0.717, 1.165) is 0 Å². The van der Waals surface area contributed by atoms with Crippen molar-refractivity contribution in [2.45, 2.75) is 76.1 Å². The van der Waals surface area contributed by atoms with Crippen molar-refractivity contribution in [2.75, 3.05) is 48.4 Å². The first kappa shape index (κ1) is 63.9. The summed E-state index contributed by atoms with van der Waals surface area (Å²) < 4.78 is 222. The molecule has 4 N–H and O–H groups in total. The van der Waals surface area contributed by atoms with Gasteiger partial charge in [-0.15, -0.1) is 0 Å². The van der Waals surface area contributed by atoms with E-state index < -0.39 is 99.2 Å². The lowest BCUT2D eigenvalue weighted by molar-refractivity contribution is -0.167. The van der Waals surface area contributed by atoms with Crippen molar-refractivity contribution in [3.63, 3.8) is 0 Å². The fourth-order valence-electron chi connectivity index (χ4n) is 13.3. The van der Waals surface area contributed by atoms with Gasteiger partial charge < -0.3 is 59.2 Å². The molecule has 28 heteroatoms. The van der Waals surface area contributed by atoms with Crippen molar-refractivity contribution in [1.82, 2.24) is 0 Å². The number of benzene rings is 8. The van der Waals surface area contributed by atoms with Crippen molar-refractivity contribution in [2.24, 2.45) is 0 Å². The Morgan fingerprint density at radius 3 is 0.615 bits per heavy atom. The van der Waals surface area contributed by atoms with Crippen LogP contribution >= 0.6 is 0 Å². The second-order valence-electron chi connectivity index (χ2n) is 23.0. The average Bonchev–Trinajstić information content (AvgIpc) is 0.719. The van der Waals surface area contributed by atoms with Gasteiger partial charge in [0.2, 0.25) is 27.2 Å². The molecule has 16 nitrogen and oxygen atoms in total. The maximum Gasteiger partial charge on any atom is 0.471 e. The van der Waals surface area contributed by atoms with E-state index >= 15 is 0 Å². The summed E-state index contributed by atoms with van der Waals surface area (Å²) >= 11 is 0. The van der Waals surface area contributed by atoms with Crippen LogP contribution in [0.4, 0.5) is 75.4 Å². The van der Waals surface area contributed by atoms with Crippen molar-refractivity contribution in [3.05, 3.63) is 210 Å². The van der Waals surface area contributed by atoms with Gasteiger partial charge in [-0.2, -0.15) is 52.7 Å². The molecule has 4 heterocycles. The lowest BCUT2D eigenvalue weighted by atomic mass is 9.73. The molecular weight excluding hydrogens is 1290 g/mol. The summed E-state index contributed by atoms with van der Waals surface area (Å²) in [5.74, 6) is -14.1. The third-order valence-electron chi connectivity index (χ3n) is 17.1. The standard InChI is InChI=1S/C68H48F12N4O12/c1-29-53-41-21-42-50(34-10-6-14-38(18-34)82-62(86)66(72,73)74)44-23-46-52(36-12-8-16-40(20-36)84-64(88)68(78,79)80)48-24-47-51(35-11-7-15-39(19-35)83-63(87)67(75,76)77)45-22-43(49(41)33-9-5-13-37(17-33)81-61(85)65(69,70)71)55(91-25-89-53)30(2)57(45)93-27-95-59(47)32(4)60(48)96-28-94-58(46)31(3)56(44)92-26-90-54(29)42/h5-24,49-52H,25-28H2,1-4H3,(H,81,85)(H,82,86)(H,83,87)(H,84,88). The monoisotopic (exact) mass is 1340 g/mol. The highest BCUT2D eigenvalue weighted by atomic mass is 19.4. The Hall–Kier alpha value is -10.8. The molecule has 1 aliphatic carbocycles. The van der Waals surface area contributed by atoms with Gasteiger partial charge in [0.1, 0.15) is 46.0 Å². The van der Waals surface area contributed by atoms with E-state index in [1.54, 1.807) is 76.2 Å². The molecular formula is C68H48F12N4O12. The van der Waals surface area contributed by atoms with Crippen LogP contribution in [-0.2, 0) is 19.2 Å². The number of ether oxygens (including phenoxy) is 8. The molecule has 4 aliphatic heterocycles. The highest BCUT2D eigenvalue weighted by molar-refractivity contribution is 5.97. The first-order valence-corrected chi connectivity index (χ1v) is 29.1. The summed E-state index contributed by atoms with van der Waals surface area (Å²) in [5, 5.41) is 7.68. The number of carbonyl (C=O) groups is 4. The Morgan fingerprint density at radius 2 is 0.458 bits per heavy atom. The van der Waals surface area contributed by atoms with Crippen LogP contribution in [0.15, 0.2) is 121 Å².